The summed E-state index contributed by atoms with van der Waals surface area (Å²) in [4.78, 5) is 10.9. The van der Waals surface area contributed by atoms with Gasteiger partial charge in [-0.2, -0.15) is 5.26 Å². The Labute approximate surface area is 77.9 Å². The van der Waals surface area contributed by atoms with Crippen molar-refractivity contribution in [3.8, 4) is 6.07 Å². The van der Waals surface area contributed by atoms with Crippen molar-refractivity contribution >= 4 is 6.09 Å². The average molecular weight is 182 g/mol. The van der Waals surface area contributed by atoms with Gasteiger partial charge in [0.05, 0.1) is 6.07 Å². The van der Waals surface area contributed by atoms with Crippen LogP contribution in [0.25, 0.3) is 0 Å². The van der Waals surface area contributed by atoms with Gasteiger partial charge >= 0.3 is 6.09 Å². The van der Waals surface area contributed by atoms with Crippen LogP contribution in [0.4, 0.5) is 4.79 Å². The van der Waals surface area contributed by atoms with Gasteiger partial charge in [-0.05, 0) is 19.3 Å². The standard InChI is InChI=1S/C9H14N2O2/c1-11-9(12)13-8-4-2-3-7(5-8)6-10/h7-8H,2-5H2,1H3,(H,11,12). The minimum absolute atomic E-state index is 0.0587. The maximum absolute atomic E-state index is 10.9. The van der Waals surface area contributed by atoms with Crippen molar-refractivity contribution in [2.45, 2.75) is 31.8 Å². The smallest absolute Gasteiger partial charge is 0.407 e. The van der Waals surface area contributed by atoms with Crippen LogP contribution in [0.2, 0.25) is 0 Å². The molecule has 1 N–H and O–H groups in total. The Kier molecular flexibility index (Phi) is 3.56. The number of nitriles is 1. The van der Waals surface area contributed by atoms with Crippen LogP contribution in [-0.4, -0.2) is 19.2 Å². The van der Waals surface area contributed by atoms with Crippen LogP contribution in [0, 0.1) is 17.2 Å². The third-order valence-corrected chi connectivity index (χ3v) is 2.29. The Morgan fingerprint density at radius 2 is 2.38 bits per heavy atom. The molecule has 0 heterocycles. The van der Waals surface area contributed by atoms with Crippen molar-refractivity contribution in [2.24, 2.45) is 5.92 Å². The van der Waals surface area contributed by atoms with Crippen LogP contribution < -0.4 is 5.32 Å². The molecular formula is C9H14N2O2. The van der Waals surface area contributed by atoms with E-state index in [0.717, 1.165) is 19.3 Å². The molecule has 0 spiro atoms. The van der Waals surface area contributed by atoms with E-state index in [1.165, 1.54) is 7.05 Å². The van der Waals surface area contributed by atoms with E-state index in [2.05, 4.69) is 11.4 Å². The number of amides is 1. The van der Waals surface area contributed by atoms with Crippen molar-refractivity contribution in [3.05, 3.63) is 0 Å². The molecule has 0 aromatic rings. The molecule has 4 heteroatoms. The van der Waals surface area contributed by atoms with E-state index in [-0.39, 0.29) is 12.0 Å². The Bertz CT molecular complexity index is 222. The van der Waals surface area contributed by atoms with E-state index in [0.29, 0.717) is 6.42 Å². The molecule has 1 aliphatic carbocycles. The zero-order valence-corrected chi connectivity index (χ0v) is 7.75. The van der Waals surface area contributed by atoms with Crippen molar-refractivity contribution in [1.29, 1.82) is 5.26 Å². The topological polar surface area (TPSA) is 62.1 Å². The number of nitrogens with zero attached hydrogens (tertiary/aromatic N) is 1. The Hall–Kier alpha value is -1.24. The zero-order chi connectivity index (χ0) is 9.68. The van der Waals surface area contributed by atoms with Gasteiger partial charge in [-0.3, -0.25) is 0 Å². The molecule has 2 unspecified atom stereocenters. The molecule has 2 atom stereocenters. The minimum atomic E-state index is -0.399. The summed E-state index contributed by atoms with van der Waals surface area (Å²) in [6, 6.07) is 2.21. The van der Waals surface area contributed by atoms with E-state index < -0.39 is 6.09 Å². The highest BCUT2D eigenvalue weighted by molar-refractivity contribution is 5.66. The lowest BCUT2D eigenvalue weighted by molar-refractivity contribution is 0.0685. The monoisotopic (exact) mass is 182 g/mol. The van der Waals surface area contributed by atoms with Gasteiger partial charge in [0.25, 0.3) is 0 Å². The summed E-state index contributed by atoms with van der Waals surface area (Å²) in [5.41, 5.74) is 0. The SMILES string of the molecule is CNC(=O)OC1CCCC(C#N)C1. The molecule has 1 rings (SSSR count). The number of nitrogens with one attached hydrogen (secondary N) is 1. The average Bonchev–Trinajstić information content (AvgIpc) is 2.18. The van der Waals surface area contributed by atoms with Gasteiger partial charge in [0.2, 0.25) is 0 Å². The first kappa shape index (κ1) is 9.85. The van der Waals surface area contributed by atoms with E-state index in [9.17, 15) is 4.79 Å². The molecule has 1 fully saturated rings. The summed E-state index contributed by atoms with van der Waals surface area (Å²) in [6.07, 6.45) is 3.00. The second-order valence-corrected chi connectivity index (χ2v) is 3.27. The molecule has 4 nitrogen and oxygen atoms in total. The molecule has 0 aromatic heterocycles. The Morgan fingerprint density at radius 1 is 1.62 bits per heavy atom. The van der Waals surface area contributed by atoms with Gasteiger partial charge in [-0.25, -0.2) is 4.79 Å². The predicted molar refractivity (Wildman–Crippen MR) is 46.9 cm³/mol. The Balaban J connectivity index is 2.35. The fourth-order valence-electron chi connectivity index (χ4n) is 1.58. The lowest BCUT2D eigenvalue weighted by atomic mass is 9.88. The first-order chi connectivity index (χ1) is 6.26. The van der Waals surface area contributed by atoms with Crippen LogP contribution in [0.3, 0.4) is 0 Å². The summed E-state index contributed by atoms with van der Waals surface area (Å²) >= 11 is 0. The first-order valence-electron chi connectivity index (χ1n) is 4.54. The largest absolute Gasteiger partial charge is 0.446 e. The molecule has 0 saturated heterocycles. The lowest BCUT2D eigenvalue weighted by Crippen LogP contribution is -2.29. The third-order valence-electron chi connectivity index (χ3n) is 2.29. The molecule has 1 amide bonds. The van der Waals surface area contributed by atoms with Crippen molar-refractivity contribution in [1.82, 2.24) is 5.32 Å². The van der Waals surface area contributed by atoms with Gasteiger partial charge in [-0.1, -0.05) is 0 Å². The van der Waals surface area contributed by atoms with E-state index >= 15 is 0 Å². The van der Waals surface area contributed by atoms with Crippen molar-refractivity contribution < 1.29 is 9.53 Å². The van der Waals surface area contributed by atoms with E-state index in [4.69, 9.17) is 10.00 Å². The second kappa shape index (κ2) is 4.70. The van der Waals surface area contributed by atoms with Gasteiger partial charge in [0, 0.05) is 19.4 Å². The molecule has 72 valence electrons. The number of alkyl carbamates (subject to hydrolysis) is 1. The number of hydrogen-bond donors (Lipinski definition) is 1. The van der Waals surface area contributed by atoms with Crippen molar-refractivity contribution in [3.63, 3.8) is 0 Å². The van der Waals surface area contributed by atoms with Crippen LogP contribution in [0.15, 0.2) is 0 Å². The molecule has 0 radical (unpaired) electrons. The number of hydrogen-bond acceptors (Lipinski definition) is 3. The summed E-state index contributed by atoms with van der Waals surface area (Å²) in [5, 5.41) is 11.1. The highest BCUT2D eigenvalue weighted by Gasteiger charge is 2.24. The molecule has 1 aliphatic rings. The van der Waals surface area contributed by atoms with Gasteiger partial charge in [0.1, 0.15) is 6.10 Å². The number of carbonyl (C=O) groups is 1. The fourth-order valence-corrected chi connectivity index (χ4v) is 1.58. The highest BCUT2D eigenvalue weighted by atomic mass is 16.6. The molecule has 0 aromatic carbocycles. The molecule has 1 saturated carbocycles. The summed E-state index contributed by atoms with van der Waals surface area (Å²) in [7, 11) is 1.53. The van der Waals surface area contributed by atoms with Gasteiger partial charge in [-0.15, -0.1) is 0 Å². The van der Waals surface area contributed by atoms with E-state index in [1.807, 2.05) is 0 Å². The maximum Gasteiger partial charge on any atom is 0.407 e. The number of ether oxygens (including phenoxy) is 1. The molecule has 0 bridgehead atoms. The molecular weight excluding hydrogens is 168 g/mol. The quantitative estimate of drug-likeness (QED) is 0.667. The lowest BCUT2D eigenvalue weighted by Gasteiger charge is -2.24. The maximum atomic E-state index is 10.9. The second-order valence-electron chi connectivity index (χ2n) is 3.27. The van der Waals surface area contributed by atoms with E-state index in [1.54, 1.807) is 0 Å². The summed E-state index contributed by atoms with van der Waals surface area (Å²) in [6.45, 7) is 0. The van der Waals surface area contributed by atoms with Gasteiger partial charge < -0.3 is 10.1 Å². The molecule has 13 heavy (non-hydrogen) atoms. The molecule has 0 aliphatic heterocycles. The summed E-state index contributed by atoms with van der Waals surface area (Å²) < 4.78 is 5.07. The van der Waals surface area contributed by atoms with Gasteiger partial charge in [0.15, 0.2) is 0 Å². The third kappa shape index (κ3) is 2.94. The van der Waals surface area contributed by atoms with Crippen LogP contribution >= 0.6 is 0 Å². The van der Waals surface area contributed by atoms with Crippen LogP contribution in [-0.2, 0) is 4.74 Å². The highest BCUT2D eigenvalue weighted by Crippen LogP contribution is 2.25. The predicted octanol–water partition coefficient (Wildman–Crippen LogP) is 1.42. The van der Waals surface area contributed by atoms with Crippen LogP contribution in [0.1, 0.15) is 25.7 Å². The Morgan fingerprint density at radius 3 is 3.00 bits per heavy atom. The van der Waals surface area contributed by atoms with Crippen LogP contribution in [0.5, 0.6) is 0 Å². The number of carbonyl (C=O) groups excluding carboxylic acids is 1. The van der Waals surface area contributed by atoms with Crippen molar-refractivity contribution in [2.75, 3.05) is 7.05 Å². The summed E-state index contributed by atoms with van der Waals surface area (Å²) in [5.74, 6) is 0.0587. The normalized spacial score (nSPS) is 27.4. The number of rotatable bonds is 1. The minimum Gasteiger partial charge on any atom is -0.446 e. The first-order valence-corrected chi connectivity index (χ1v) is 4.54. The zero-order valence-electron chi connectivity index (χ0n) is 7.75. The fraction of sp³-hybridized carbons (Fsp3) is 0.778.